The molecular formula is C22H25ClN2O3. The SMILES string of the molecule is CC(=O)Nc1cccc(-c2cc(Cl)cc(OC(C)C(=O)NC3CCCC3)c2)c1. The Morgan fingerprint density at radius 2 is 1.86 bits per heavy atom. The van der Waals surface area contributed by atoms with Gasteiger partial charge in [0.15, 0.2) is 6.10 Å². The Kier molecular flexibility index (Phi) is 6.57. The second-order valence-corrected chi connectivity index (χ2v) is 7.62. The van der Waals surface area contributed by atoms with Gasteiger partial charge in [-0.3, -0.25) is 9.59 Å². The van der Waals surface area contributed by atoms with Crippen molar-refractivity contribution in [3.05, 3.63) is 47.5 Å². The lowest BCUT2D eigenvalue weighted by molar-refractivity contribution is -0.128. The average molecular weight is 401 g/mol. The second-order valence-electron chi connectivity index (χ2n) is 7.19. The number of carbonyl (C=O) groups is 2. The van der Waals surface area contributed by atoms with Crippen LogP contribution in [0.1, 0.15) is 39.5 Å². The lowest BCUT2D eigenvalue weighted by atomic mass is 10.0. The smallest absolute Gasteiger partial charge is 0.260 e. The van der Waals surface area contributed by atoms with Crippen LogP contribution in [-0.2, 0) is 9.59 Å². The van der Waals surface area contributed by atoms with E-state index in [1.54, 1.807) is 13.0 Å². The molecule has 0 spiro atoms. The monoisotopic (exact) mass is 400 g/mol. The van der Waals surface area contributed by atoms with Crippen LogP contribution in [0, 0.1) is 0 Å². The Morgan fingerprint density at radius 1 is 1.11 bits per heavy atom. The van der Waals surface area contributed by atoms with Crippen molar-refractivity contribution >= 4 is 29.1 Å². The summed E-state index contributed by atoms with van der Waals surface area (Å²) in [5, 5.41) is 6.33. The number of amides is 2. The van der Waals surface area contributed by atoms with Crippen LogP contribution in [0.4, 0.5) is 5.69 Å². The fourth-order valence-electron chi connectivity index (χ4n) is 3.42. The highest BCUT2D eigenvalue weighted by atomic mass is 35.5. The fourth-order valence-corrected chi connectivity index (χ4v) is 3.65. The van der Waals surface area contributed by atoms with Crippen LogP contribution in [0.3, 0.4) is 0 Å². The number of halogens is 1. The number of carbonyl (C=O) groups excluding carboxylic acids is 2. The first kappa shape index (κ1) is 20.2. The topological polar surface area (TPSA) is 67.4 Å². The summed E-state index contributed by atoms with van der Waals surface area (Å²) in [6.45, 7) is 3.21. The Hall–Kier alpha value is -2.53. The number of anilines is 1. The third-order valence-corrected chi connectivity index (χ3v) is 4.99. The molecule has 2 aromatic carbocycles. The zero-order chi connectivity index (χ0) is 20.1. The summed E-state index contributed by atoms with van der Waals surface area (Å²) in [5.41, 5.74) is 2.44. The van der Waals surface area contributed by atoms with E-state index in [1.165, 1.54) is 6.92 Å². The molecule has 0 radical (unpaired) electrons. The lowest BCUT2D eigenvalue weighted by Gasteiger charge is -2.18. The van der Waals surface area contributed by atoms with Crippen molar-refractivity contribution in [2.75, 3.05) is 5.32 Å². The molecular weight excluding hydrogens is 376 g/mol. The van der Waals surface area contributed by atoms with E-state index >= 15 is 0 Å². The molecule has 1 saturated carbocycles. The van der Waals surface area contributed by atoms with E-state index in [0.717, 1.165) is 36.8 Å². The van der Waals surface area contributed by atoms with Gasteiger partial charge in [-0.2, -0.15) is 0 Å². The predicted octanol–water partition coefficient (Wildman–Crippen LogP) is 4.79. The van der Waals surface area contributed by atoms with Gasteiger partial charge in [-0.05, 0) is 61.2 Å². The van der Waals surface area contributed by atoms with Crippen molar-refractivity contribution in [2.45, 2.75) is 51.7 Å². The summed E-state index contributed by atoms with van der Waals surface area (Å²) in [6.07, 6.45) is 3.78. The van der Waals surface area contributed by atoms with E-state index in [9.17, 15) is 9.59 Å². The van der Waals surface area contributed by atoms with E-state index in [4.69, 9.17) is 16.3 Å². The molecule has 1 atom stereocenters. The van der Waals surface area contributed by atoms with Crippen LogP contribution in [0.25, 0.3) is 11.1 Å². The van der Waals surface area contributed by atoms with Crippen molar-refractivity contribution in [3.8, 4) is 16.9 Å². The van der Waals surface area contributed by atoms with E-state index < -0.39 is 6.10 Å². The highest BCUT2D eigenvalue weighted by Crippen LogP contribution is 2.30. The molecule has 1 unspecified atom stereocenters. The average Bonchev–Trinajstić information content (AvgIpc) is 3.14. The predicted molar refractivity (Wildman–Crippen MR) is 112 cm³/mol. The van der Waals surface area contributed by atoms with Crippen molar-refractivity contribution in [1.82, 2.24) is 5.32 Å². The largest absolute Gasteiger partial charge is 0.481 e. The number of hydrogen-bond donors (Lipinski definition) is 2. The third-order valence-electron chi connectivity index (χ3n) is 4.77. The molecule has 148 valence electrons. The number of benzene rings is 2. The summed E-state index contributed by atoms with van der Waals surface area (Å²) < 4.78 is 5.86. The molecule has 5 nitrogen and oxygen atoms in total. The molecule has 1 fully saturated rings. The van der Waals surface area contributed by atoms with Gasteiger partial charge in [0, 0.05) is 23.7 Å². The number of nitrogens with one attached hydrogen (secondary N) is 2. The molecule has 2 N–H and O–H groups in total. The van der Waals surface area contributed by atoms with E-state index in [-0.39, 0.29) is 17.9 Å². The third kappa shape index (κ3) is 5.49. The van der Waals surface area contributed by atoms with Gasteiger partial charge in [-0.1, -0.05) is 36.6 Å². The fraction of sp³-hybridized carbons (Fsp3) is 0.364. The summed E-state index contributed by atoms with van der Waals surface area (Å²) in [6, 6.07) is 13.1. The van der Waals surface area contributed by atoms with Gasteiger partial charge in [-0.15, -0.1) is 0 Å². The zero-order valence-corrected chi connectivity index (χ0v) is 16.9. The van der Waals surface area contributed by atoms with Crippen molar-refractivity contribution in [2.24, 2.45) is 0 Å². The van der Waals surface area contributed by atoms with Gasteiger partial charge in [-0.25, -0.2) is 0 Å². The highest BCUT2D eigenvalue weighted by Gasteiger charge is 2.22. The maximum absolute atomic E-state index is 12.4. The van der Waals surface area contributed by atoms with Crippen molar-refractivity contribution < 1.29 is 14.3 Å². The van der Waals surface area contributed by atoms with Crippen LogP contribution < -0.4 is 15.4 Å². The van der Waals surface area contributed by atoms with E-state index in [2.05, 4.69) is 10.6 Å². The number of rotatable bonds is 6. The first-order chi connectivity index (χ1) is 13.4. The summed E-state index contributed by atoms with van der Waals surface area (Å²) in [5.74, 6) is 0.289. The number of ether oxygens (including phenoxy) is 1. The summed E-state index contributed by atoms with van der Waals surface area (Å²) in [7, 11) is 0. The van der Waals surface area contributed by atoms with Gasteiger partial charge >= 0.3 is 0 Å². The minimum absolute atomic E-state index is 0.110. The minimum atomic E-state index is -0.613. The van der Waals surface area contributed by atoms with Gasteiger partial charge in [0.05, 0.1) is 0 Å². The Balaban J connectivity index is 1.74. The van der Waals surface area contributed by atoms with E-state index in [1.807, 2.05) is 36.4 Å². The van der Waals surface area contributed by atoms with Crippen LogP contribution in [0.5, 0.6) is 5.75 Å². The maximum Gasteiger partial charge on any atom is 0.260 e. The standard InChI is InChI=1S/C22H25ClN2O3/c1-14(22(27)25-19-7-3-4-8-19)28-21-12-17(10-18(23)13-21)16-6-5-9-20(11-16)24-15(2)26/h5-6,9-14,19H,3-4,7-8H2,1-2H3,(H,24,26)(H,25,27). The molecule has 0 heterocycles. The normalized spacial score (nSPS) is 15.1. The Morgan fingerprint density at radius 3 is 2.57 bits per heavy atom. The molecule has 2 aromatic rings. The van der Waals surface area contributed by atoms with Crippen LogP contribution in [0.15, 0.2) is 42.5 Å². The molecule has 28 heavy (non-hydrogen) atoms. The van der Waals surface area contributed by atoms with E-state index in [0.29, 0.717) is 16.5 Å². The maximum atomic E-state index is 12.4. The zero-order valence-electron chi connectivity index (χ0n) is 16.1. The minimum Gasteiger partial charge on any atom is -0.481 e. The quantitative estimate of drug-likeness (QED) is 0.732. The molecule has 0 aromatic heterocycles. The van der Waals surface area contributed by atoms with Crippen LogP contribution >= 0.6 is 11.6 Å². The summed E-state index contributed by atoms with van der Waals surface area (Å²) >= 11 is 6.27. The molecule has 0 saturated heterocycles. The molecule has 2 amide bonds. The van der Waals surface area contributed by atoms with Gasteiger partial charge in [0.1, 0.15) is 5.75 Å². The molecule has 1 aliphatic rings. The Bertz CT molecular complexity index is 863. The van der Waals surface area contributed by atoms with Crippen molar-refractivity contribution in [3.63, 3.8) is 0 Å². The van der Waals surface area contributed by atoms with Gasteiger partial charge in [0.25, 0.3) is 5.91 Å². The summed E-state index contributed by atoms with van der Waals surface area (Å²) in [4.78, 5) is 23.7. The molecule has 1 aliphatic carbocycles. The van der Waals surface area contributed by atoms with Crippen LogP contribution in [0.2, 0.25) is 5.02 Å². The lowest BCUT2D eigenvalue weighted by Crippen LogP contribution is -2.41. The first-order valence-electron chi connectivity index (χ1n) is 9.56. The van der Waals surface area contributed by atoms with Gasteiger partial charge in [0.2, 0.25) is 5.91 Å². The first-order valence-corrected chi connectivity index (χ1v) is 9.94. The molecule has 6 heteroatoms. The van der Waals surface area contributed by atoms with Crippen LogP contribution in [-0.4, -0.2) is 24.0 Å². The molecule has 3 rings (SSSR count). The number of hydrogen-bond acceptors (Lipinski definition) is 3. The van der Waals surface area contributed by atoms with Crippen molar-refractivity contribution in [1.29, 1.82) is 0 Å². The van der Waals surface area contributed by atoms with Gasteiger partial charge < -0.3 is 15.4 Å². The second kappa shape index (κ2) is 9.11. The molecule has 0 bridgehead atoms. The Labute approximate surface area is 170 Å². The molecule has 0 aliphatic heterocycles. The highest BCUT2D eigenvalue weighted by molar-refractivity contribution is 6.31.